The van der Waals surface area contributed by atoms with Crippen molar-refractivity contribution in [1.82, 2.24) is 5.32 Å². The topological polar surface area (TPSA) is 61.7 Å². The molecule has 1 aromatic carbocycles. The summed E-state index contributed by atoms with van der Waals surface area (Å²) in [6.07, 6.45) is 0.0861. The Bertz CT molecular complexity index is 380. The van der Waals surface area contributed by atoms with E-state index in [1.54, 1.807) is 7.11 Å². The number of aliphatic hydroxyl groups excluding tert-OH is 2. The quantitative estimate of drug-likeness (QED) is 0.629. The maximum Gasteiger partial charge on any atom is 0.124 e. The summed E-state index contributed by atoms with van der Waals surface area (Å²) >= 11 is 0. The lowest BCUT2D eigenvalue weighted by Gasteiger charge is -2.18. The second-order valence-corrected chi connectivity index (χ2v) is 4.95. The second-order valence-electron chi connectivity index (χ2n) is 4.95. The van der Waals surface area contributed by atoms with E-state index in [-0.39, 0.29) is 6.61 Å². The Hall–Kier alpha value is -1.10. The van der Waals surface area contributed by atoms with Crippen molar-refractivity contribution in [2.75, 3.05) is 26.8 Å². The molecule has 4 heteroatoms. The molecule has 0 fully saturated rings. The van der Waals surface area contributed by atoms with Crippen molar-refractivity contribution in [2.45, 2.75) is 32.3 Å². The first kappa shape index (κ1) is 16.0. The van der Waals surface area contributed by atoms with Gasteiger partial charge in [0.2, 0.25) is 0 Å². The number of hydrogen-bond donors (Lipinski definition) is 3. The van der Waals surface area contributed by atoms with E-state index >= 15 is 0 Å². The summed E-state index contributed by atoms with van der Waals surface area (Å²) < 4.78 is 5.30. The van der Waals surface area contributed by atoms with E-state index in [0.717, 1.165) is 5.56 Å². The van der Waals surface area contributed by atoms with Crippen molar-refractivity contribution in [2.24, 2.45) is 0 Å². The third-order valence-corrected chi connectivity index (χ3v) is 3.13. The van der Waals surface area contributed by atoms with Gasteiger partial charge >= 0.3 is 0 Å². The van der Waals surface area contributed by atoms with Gasteiger partial charge in [-0.15, -0.1) is 0 Å². The zero-order valence-corrected chi connectivity index (χ0v) is 12.0. The molecule has 0 aliphatic heterocycles. The van der Waals surface area contributed by atoms with E-state index < -0.39 is 6.10 Å². The van der Waals surface area contributed by atoms with E-state index in [1.807, 2.05) is 18.2 Å². The lowest BCUT2D eigenvalue weighted by atomic mass is 9.98. The van der Waals surface area contributed by atoms with E-state index in [9.17, 15) is 5.11 Å². The largest absolute Gasteiger partial charge is 0.496 e. The van der Waals surface area contributed by atoms with Crippen molar-refractivity contribution in [3.63, 3.8) is 0 Å². The van der Waals surface area contributed by atoms with Crippen LogP contribution in [-0.4, -0.2) is 37.0 Å². The molecule has 1 aromatic rings. The molecule has 0 aromatic heterocycles. The van der Waals surface area contributed by atoms with Crippen LogP contribution in [0.3, 0.4) is 0 Å². The van der Waals surface area contributed by atoms with E-state index in [1.165, 1.54) is 5.56 Å². The maximum absolute atomic E-state index is 10.2. The number of ether oxygens (including phenoxy) is 1. The fourth-order valence-electron chi connectivity index (χ4n) is 1.93. The van der Waals surface area contributed by atoms with Crippen LogP contribution in [0.25, 0.3) is 0 Å². The molecule has 19 heavy (non-hydrogen) atoms. The highest BCUT2D eigenvalue weighted by Crippen LogP contribution is 2.28. The number of nitrogens with one attached hydrogen (secondary N) is 1. The molecular weight excluding hydrogens is 242 g/mol. The number of methoxy groups -OCH3 is 1. The van der Waals surface area contributed by atoms with E-state index in [0.29, 0.717) is 31.2 Å². The Balaban J connectivity index is 2.75. The zero-order chi connectivity index (χ0) is 14.3. The average molecular weight is 267 g/mol. The summed E-state index contributed by atoms with van der Waals surface area (Å²) in [6.45, 7) is 5.56. The number of benzene rings is 1. The monoisotopic (exact) mass is 267 g/mol. The van der Waals surface area contributed by atoms with Crippen LogP contribution in [0.15, 0.2) is 18.2 Å². The standard InChI is InChI=1S/C15H25NO3/c1-11(2)12-5-6-15(19-3)13(9-12)14(18)10-16-7-4-8-17/h5-6,9,11,14,16-18H,4,7-8,10H2,1-3H3. The molecule has 0 amide bonds. The Labute approximate surface area is 115 Å². The third-order valence-electron chi connectivity index (χ3n) is 3.13. The number of rotatable bonds is 8. The fourth-order valence-corrected chi connectivity index (χ4v) is 1.93. The average Bonchev–Trinajstić information content (AvgIpc) is 2.42. The van der Waals surface area contributed by atoms with Crippen molar-refractivity contribution in [3.05, 3.63) is 29.3 Å². The molecule has 0 saturated heterocycles. The van der Waals surface area contributed by atoms with Gasteiger partial charge in [-0.2, -0.15) is 0 Å². The summed E-state index contributed by atoms with van der Waals surface area (Å²) in [5.74, 6) is 1.13. The third kappa shape index (κ3) is 4.82. The van der Waals surface area contributed by atoms with Crippen molar-refractivity contribution >= 4 is 0 Å². The summed E-state index contributed by atoms with van der Waals surface area (Å²) in [6, 6.07) is 5.93. The Morgan fingerprint density at radius 3 is 2.63 bits per heavy atom. The molecule has 0 aliphatic rings. The molecule has 1 rings (SSSR count). The number of hydrogen-bond acceptors (Lipinski definition) is 4. The first-order valence-electron chi connectivity index (χ1n) is 6.77. The van der Waals surface area contributed by atoms with Gasteiger partial charge in [-0.1, -0.05) is 19.9 Å². The molecule has 0 aliphatic carbocycles. The lowest BCUT2D eigenvalue weighted by molar-refractivity contribution is 0.169. The van der Waals surface area contributed by atoms with Gasteiger partial charge in [0, 0.05) is 18.7 Å². The van der Waals surface area contributed by atoms with Gasteiger partial charge in [-0.05, 0) is 36.6 Å². The molecule has 108 valence electrons. The van der Waals surface area contributed by atoms with Crippen LogP contribution in [0, 0.1) is 0 Å². The summed E-state index contributed by atoms with van der Waals surface area (Å²) in [5.41, 5.74) is 2.00. The number of aliphatic hydroxyl groups is 2. The molecule has 1 unspecified atom stereocenters. The smallest absolute Gasteiger partial charge is 0.124 e. The normalized spacial score (nSPS) is 12.7. The molecule has 1 atom stereocenters. The van der Waals surface area contributed by atoms with Gasteiger partial charge in [0.1, 0.15) is 5.75 Å². The molecule has 3 N–H and O–H groups in total. The highest BCUT2D eigenvalue weighted by atomic mass is 16.5. The van der Waals surface area contributed by atoms with E-state index in [4.69, 9.17) is 9.84 Å². The molecular formula is C15H25NO3. The van der Waals surface area contributed by atoms with Crippen LogP contribution in [0.4, 0.5) is 0 Å². The van der Waals surface area contributed by atoms with Crippen LogP contribution in [0.1, 0.15) is 43.4 Å². The first-order chi connectivity index (χ1) is 9.10. The van der Waals surface area contributed by atoms with Gasteiger partial charge in [0.05, 0.1) is 13.2 Å². The van der Waals surface area contributed by atoms with Crippen LogP contribution in [0.2, 0.25) is 0 Å². The van der Waals surface area contributed by atoms with Crippen LogP contribution >= 0.6 is 0 Å². The SMILES string of the molecule is COc1ccc(C(C)C)cc1C(O)CNCCCO. The fraction of sp³-hybridized carbons (Fsp3) is 0.600. The van der Waals surface area contributed by atoms with Crippen LogP contribution in [0.5, 0.6) is 5.75 Å². The summed E-state index contributed by atoms with van der Waals surface area (Å²) in [5, 5.41) is 22.1. The van der Waals surface area contributed by atoms with Crippen molar-refractivity contribution < 1.29 is 14.9 Å². The molecule has 0 radical (unpaired) electrons. The summed E-state index contributed by atoms with van der Waals surface area (Å²) in [4.78, 5) is 0. The minimum atomic E-state index is -0.604. The maximum atomic E-state index is 10.2. The van der Waals surface area contributed by atoms with Crippen LogP contribution in [-0.2, 0) is 0 Å². The predicted molar refractivity (Wildman–Crippen MR) is 76.6 cm³/mol. The van der Waals surface area contributed by atoms with Gasteiger partial charge in [-0.25, -0.2) is 0 Å². The van der Waals surface area contributed by atoms with Gasteiger partial charge < -0.3 is 20.3 Å². The Morgan fingerprint density at radius 2 is 2.05 bits per heavy atom. The Kier molecular flexibility index (Phi) is 6.84. The van der Waals surface area contributed by atoms with Crippen molar-refractivity contribution in [3.8, 4) is 5.75 Å². The highest BCUT2D eigenvalue weighted by molar-refractivity contribution is 5.40. The molecule has 0 spiro atoms. The van der Waals surface area contributed by atoms with Gasteiger partial charge in [-0.3, -0.25) is 0 Å². The van der Waals surface area contributed by atoms with Gasteiger partial charge in [0.15, 0.2) is 0 Å². The predicted octanol–water partition coefficient (Wildman–Crippen LogP) is 1.82. The Morgan fingerprint density at radius 1 is 1.32 bits per heavy atom. The molecule has 0 saturated carbocycles. The van der Waals surface area contributed by atoms with Gasteiger partial charge in [0.25, 0.3) is 0 Å². The molecule has 4 nitrogen and oxygen atoms in total. The second kappa shape index (κ2) is 8.15. The first-order valence-corrected chi connectivity index (χ1v) is 6.77. The molecule has 0 heterocycles. The minimum Gasteiger partial charge on any atom is -0.496 e. The molecule has 0 bridgehead atoms. The van der Waals surface area contributed by atoms with E-state index in [2.05, 4.69) is 19.2 Å². The highest BCUT2D eigenvalue weighted by Gasteiger charge is 2.14. The zero-order valence-electron chi connectivity index (χ0n) is 12.0. The lowest BCUT2D eigenvalue weighted by Crippen LogP contribution is -2.23. The minimum absolute atomic E-state index is 0.162. The van der Waals surface area contributed by atoms with Crippen LogP contribution < -0.4 is 10.1 Å². The summed E-state index contributed by atoms with van der Waals surface area (Å²) in [7, 11) is 1.61. The van der Waals surface area contributed by atoms with Crippen molar-refractivity contribution in [1.29, 1.82) is 0 Å².